The Morgan fingerprint density at radius 2 is 2.44 bits per heavy atom. The van der Waals surface area contributed by atoms with Crippen LogP contribution in [-0.2, 0) is 4.79 Å². The van der Waals surface area contributed by atoms with E-state index in [1.165, 1.54) is 22.7 Å². The van der Waals surface area contributed by atoms with Crippen molar-refractivity contribution < 1.29 is 14.3 Å². The fourth-order valence-electron chi connectivity index (χ4n) is 1.47. The maximum Gasteiger partial charge on any atom is 0.305 e. The minimum absolute atomic E-state index is 0.151. The number of carbonyl (C=O) groups is 1. The van der Waals surface area contributed by atoms with Crippen molar-refractivity contribution in [1.82, 2.24) is 9.38 Å². The zero-order valence-electron chi connectivity index (χ0n) is 8.30. The van der Waals surface area contributed by atoms with Gasteiger partial charge in [-0.1, -0.05) is 0 Å². The fourth-order valence-corrected chi connectivity index (χ4v) is 1.47. The molecule has 0 saturated heterocycles. The highest BCUT2D eigenvalue weighted by molar-refractivity contribution is 5.67. The molecule has 0 aliphatic carbocycles. The molecule has 0 saturated carbocycles. The van der Waals surface area contributed by atoms with Crippen LogP contribution in [0.5, 0.6) is 0 Å². The van der Waals surface area contributed by atoms with Gasteiger partial charge in [0, 0.05) is 12.4 Å². The Hall–Kier alpha value is -1.95. The van der Waals surface area contributed by atoms with Crippen LogP contribution >= 0.6 is 0 Å². The maximum absolute atomic E-state index is 13.3. The van der Waals surface area contributed by atoms with Crippen LogP contribution < -0.4 is 5.73 Å². The molecule has 0 aromatic carbocycles. The van der Waals surface area contributed by atoms with Crippen LogP contribution in [0, 0.1) is 5.82 Å². The van der Waals surface area contributed by atoms with Crippen molar-refractivity contribution in [2.75, 3.05) is 0 Å². The van der Waals surface area contributed by atoms with Gasteiger partial charge in [-0.2, -0.15) is 0 Å². The normalized spacial score (nSPS) is 12.9. The molecular weight excluding hydrogens is 213 g/mol. The van der Waals surface area contributed by atoms with Gasteiger partial charge >= 0.3 is 5.97 Å². The molecule has 1 atom stereocenters. The molecule has 2 aromatic heterocycles. The molecule has 0 aliphatic heterocycles. The molecule has 0 fully saturated rings. The summed E-state index contributed by atoms with van der Waals surface area (Å²) in [6, 6.07) is 2.10. The third-order valence-electron chi connectivity index (χ3n) is 2.23. The monoisotopic (exact) mass is 223 g/mol. The van der Waals surface area contributed by atoms with E-state index in [1.54, 1.807) is 6.20 Å². The summed E-state index contributed by atoms with van der Waals surface area (Å²) in [5.74, 6) is -1.47. The number of rotatable bonds is 3. The van der Waals surface area contributed by atoms with E-state index in [0.29, 0.717) is 5.69 Å². The first kappa shape index (κ1) is 10.6. The summed E-state index contributed by atoms with van der Waals surface area (Å²) in [6.07, 6.45) is 2.93. The first-order valence-corrected chi connectivity index (χ1v) is 4.68. The molecular formula is C10H10FN3O2. The van der Waals surface area contributed by atoms with Crippen molar-refractivity contribution in [3.05, 3.63) is 36.0 Å². The summed E-state index contributed by atoms with van der Waals surface area (Å²) in [6.45, 7) is 0. The molecule has 0 amide bonds. The molecule has 6 heteroatoms. The average Bonchev–Trinajstić information content (AvgIpc) is 2.61. The predicted octanol–water partition coefficient (Wildman–Crippen LogP) is 0.948. The first-order chi connectivity index (χ1) is 7.58. The van der Waals surface area contributed by atoms with E-state index < -0.39 is 17.8 Å². The molecule has 0 aliphatic rings. The highest BCUT2D eigenvalue weighted by atomic mass is 19.1. The van der Waals surface area contributed by atoms with Gasteiger partial charge < -0.3 is 15.2 Å². The van der Waals surface area contributed by atoms with Crippen molar-refractivity contribution in [2.24, 2.45) is 5.73 Å². The van der Waals surface area contributed by atoms with Crippen molar-refractivity contribution in [3.8, 4) is 0 Å². The predicted molar refractivity (Wildman–Crippen MR) is 54.3 cm³/mol. The van der Waals surface area contributed by atoms with Crippen LogP contribution in [0.3, 0.4) is 0 Å². The average molecular weight is 223 g/mol. The number of pyridine rings is 1. The largest absolute Gasteiger partial charge is 0.481 e. The van der Waals surface area contributed by atoms with Gasteiger partial charge in [-0.15, -0.1) is 0 Å². The standard InChI is InChI=1S/C10H10FN3O2/c11-6-2-1-3-14-5-8(13-10(6)14)7(12)4-9(15)16/h1-3,5,7H,4,12H2,(H,15,16). The second kappa shape index (κ2) is 3.90. The van der Waals surface area contributed by atoms with Gasteiger partial charge in [0.25, 0.3) is 0 Å². The molecule has 3 N–H and O–H groups in total. The molecule has 5 nitrogen and oxygen atoms in total. The fraction of sp³-hybridized carbons (Fsp3) is 0.200. The summed E-state index contributed by atoms with van der Waals surface area (Å²) in [5, 5.41) is 8.59. The molecule has 16 heavy (non-hydrogen) atoms. The minimum Gasteiger partial charge on any atom is -0.481 e. The first-order valence-electron chi connectivity index (χ1n) is 4.68. The number of nitrogens with zero attached hydrogens (tertiary/aromatic N) is 2. The van der Waals surface area contributed by atoms with Gasteiger partial charge in [-0.25, -0.2) is 9.37 Å². The number of halogens is 1. The van der Waals surface area contributed by atoms with Crippen LogP contribution in [0.4, 0.5) is 4.39 Å². The summed E-state index contributed by atoms with van der Waals surface area (Å²) in [4.78, 5) is 14.4. The number of hydrogen-bond acceptors (Lipinski definition) is 3. The Kier molecular flexibility index (Phi) is 2.57. The number of fused-ring (bicyclic) bond motifs is 1. The van der Waals surface area contributed by atoms with E-state index in [2.05, 4.69) is 4.98 Å². The van der Waals surface area contributed by atoms with Crippen LogP contribution in [0.1, 0.15) is 18.2 Å². The van der Waals surface area contributed by atoms with Crippen molar-refractivity contribution in [2.45, 2.75) is 12.5 Å². The third-order valence-corrected chi connectivity index (χ3v) is 2.23. The summed E-state index contributed by atoms with van der Waals surface area (Å²) in [5.41, 5.74) is 6.15. The van der Waals surface area contributed by atoms with E-state index in [4.69, 9.17) is 10.8 Å². The van der Waals surface area contributed by atoms with E-state index in [9.17, 15) is 9.18 Å². The minimum atomic E-state index is -1.01. The van der Waals surface area contributed by atoms with Gasteiger partial charge in [-0.3, -0.25) is 4.79 Å². The summed E-state index contributed by atoms with van der Waals surface area (Å²) >= 11 is 0. The Bertz CT molecular complexity index is 538. The zero-order chi connectivity index (χ0) is 11.7. The third kappa shape index (κ3) is 1.87. The second-order valence-electron chi connectivity index (χ2n) is 3.46. The van der Waals surface area contributed by atoms with E-state index in [-0.39, 0.29) is 12.1 Å². The number of hydrogen-bond donors (Lipinski definition) is 2. The molecule has 84 valence electrons. The van der Waals surface area contributed by atoms with Gasteiger partial charge in [0.05, 0.1) is 18.2 Å². The molecule has 2 aromatic rings. The molecule has 2 rings (SSSR count). The zero-order valence-corrected chi connectivity index (χ0v) is 8.30. The lowest BCUT2D eigenvalue weighted by atomic mass is 10.2. The lowest BCUT2D eigenvalue weighted by molar-refractivity contribution is -0.137. The van der Waals surface area contributed by atoms with Crippen LogP contribution in [0.15, 0.2) is 24.5 Å². The number of aromatic nitrogens is 2. The number of nitrogens with two attached hydrogens (primary N) is 1. The molecule has 0 bridgehead atoms. The summed E-state index contributed by atoms with van der Waals surface area (Å²) < 4.78 is 14.8. The van der Waals surface area contributed by atoms with Gasteiger partial charge in [-0.05, 0) is 12.1 Å². The van der Waals surface area contributed by atoms with Crippen LogP contribution in [0.25, 0.3) is 5.65 Å². The highest BCUT2D eigenvalue weighted by Crippen LogP contribution is 2.16. The Morgan fingerprint density at radius 1 is 1.69 bits per heavy atom. The van der Waals surface area contributed by atoms with Crippen molar-refractivity contribution >= 4 is 11.6 Å². The van der Waals surface area contributed by atoms with Crippen LogP contribution in [-0.4, -0.2) is 20.5 Å². The molecule has 1 unspecified atom stereocenters. The Balaban J connectivity index is 2.39. The number of imidazole rings is 1. The van der Waals surface area contributed by atoms with E-state index >= 15 is 0 Å². The lowest BCUT2D eigenvalue weighted by Crippen LogP contribution is -2.15. The van der Waals surface area contributed by atoms with Crippen molar-refractivity contribution in [3.63, 3.8) is 0 Å². The van der Waals surface area contributed by atoms with Crippen LogP contribution in [0.2, 0.25) is 0 Å². The molecule has 0 radical (unpaired) electrons. The van der Waals surface area contributed by atoms with Crippen molar-refractivity contribution in [1.29, 1.82) is 0 Å². The summed E-state index contributed by atoms with van der Waals surface area (Å²) in [7, 11) is 0. The second-order valence-corrected chi connectivity index (χ2v) is 3.46. The smallest absolute Gasteiger partial charge is 0.305 e. The van der Waals surface area contributed by atoms with Gasteiger partial charge in [0.15, 0.2) is 11.5 Å². The van der Waals surface area contributed by atoms with E-state index in [0.717, 1.165) is 0 Å². The van der Waals surface area contributed by atoms with Gasteiger partial charge in [0.1, 0.15) is 0 Å². The Morgan fingerprint density at radius 3 is 3.06 bits per heavy atom. The molecule has 2 heterocycles. The highest BCUT2D eigenvalue weighted by Gasteiger charge is 2.15. The van der Waals surface area contributed by atoms with Gasteiger partial charge in [0.2, 0.25) is 0 Å². The Labute approximate surface area is 90.3 Å². The maximum atomic E-state index is 13.3. The number of aliphatic carboxylic acids is 1. The van der Waals surface area contributed by atoms with E-state index in [1.807, 2.05) is 0 Å². The SMILES string of the molecule is NC(CC(=O)O)c1cn2cccc(F)c2n1. The topological polar surface area (TPSA) is 80.6 Å². The number of carboxylic acids is 1. The number of carboxylic acid groups (broad SMARTS) is 1. The molecule has 0 spiro atoms. The lowest BCUT2D eigenvalue weighted by Gasteiger charge is -2.03. The quantitative estimate of drug-likeness (QED) is 0.811.